The summed E-state index contributed by atoms with van der Waals surface area (Å²) in [6.45, 7) is 10.0. The van der Waals surface area contributed by atoms with Crippen molar-refractivity contribution < 1.29 is 0 Å². The van der Waals surface area contributed by atoms with Crippen LogP contribution in [0.2, 0.25) is 0 Å². The second kappa shape index (κ2) is 5.68. The van der Waals surface area contributed by atoms with Gasteiger partial charge in [-0.25, -0.2) is 0 Å². The van der Waals surface area contributed by atoms with Gasteiger partial charge in [0.2, 0.25) is 0 Å². The molecule has 0 fully saturated rings. The summed E-state index contributed by atoms with van der Waals surface area (Å²) in [5.41, 5.74) is 1.12. The molecule has 0 saturated carbocycles. The van der Waals surface area contributed by atoms with Gasteiger partial charge in [-0.3, -0.25) is 0 Å². The van der Waals surface area contributed by atoms with Gasteiger partial charge in [0.25, 0.3) is 0 Å². The summed E-state index contributed by atoms with van der Waals surface area (Å²) in [5.74, 6) is 0.645. The third-order valence-electron chi connectivity index (χ3n) is 0.766. The van der Waals surface area contributed by atoms with E-state index < -0.39 is 0 Å². The maximum Gasteiger partial charge on any atom is 0.0814 e. The molecule has 0 atom stereocenters. The van der Waals surface area contributed by atoms with Crippen molar-refractivity contribution in [2.45, 2.75) is 20.8 Å². The van der Waals surface area contributed by atoms with Crippen LogP contribution in [-0.4, -0.2) is 8.41 Å². The Morgan fingerprint density at radius 1 is 1.44 bits per heavy atom. The Labute approximate surface area is 60.2 Å². The maximum atomic E-state index is 3.74. The number of hydrogen-bond donors (Lipinski definition) is 0. The lowest BCUT2D eigenvalue weighted by Gasteiger charge is -1.91. The Morgan fingerprint density at radius 2 is 1.89 bits per heavy atom. The molecule has 0 aliphatic carbocycles. The topological polar surface area (TPSA) is 0 Å². The first-order valence-corrected chi connectivity index (χ1v) is 2.96. The molecule has 0 aromatic heterocycles. The summed E-state index contributed by atoms with van der Waals surface area (Å²) >= 11 is 0. The molecule has 0 rings (SSSR count). The third kappa shape index (κ3) is 11.2. The second-order valence-corrected chi connectivity index (χ2v) is 2.45. The average molecular weight is 124 g/mol. The van der Waals surface area contributed by atoms with Crippen molar-refractivity contribution in [3.63, 3.8) is 0 Å². The molecular weight excluding hydrogens is 107 g/mol. The van der Waals surface area contributed by atoms with E-state index in [2.05, 4.69) is 26.5 Å². The molecule has 0 bridgehead atoms. The summed E-state index contributed by atoms with van der Waals surface area (Å²) in [6, 6.07) is 0. The normalized spacial score (nSPS) is 9.78. The van der Waals surface area contributed by atoms with Crippen LogP contribution in [0, 0.1) is 5.92 Å². The molecule has 0 amide bonds. The molecule has 0 unspecified atom stereocenters. The molecule has 0 N–H and O–H groups in total. The average Bonchev–Trinajstić information content (AvgIpc) is 1.61. The summed E-state index contributed by atoms with van der Waals surface area (Å²) in [5, 5.41) is 0. The van der Waals surface area contributed by atoms with Gasteiger partial charge in [0, 0.05) is 0 Å². The molecule has 1 heteroatoms. The summed E-state index contributed by atoms with van der Waals surface area (Å²) < 4.78 is 0. The van der Waals surface area contributed by atoms with E-state index in [0.717, 1.165) is 5.57 Å². The van der Waals surface area contributed by atoms with Crippen LogP contribution in [-0.2, 0) is 0 Å². The first-order valence-electron chi connectivity index (χ1n) is 2.96. The Kier molecular flexibility index (Phi) is 7.16. The highest BCUT2D eigenvalue weighted by Gasteiger charge is 1.80. The number of hydrogen-bond acceptors (Lipinski definition) is 0. The van der Waals surface area contributed by atoms with E-state index in [4.69, 9.17) is 0 Å². The van der Waals surface area contributed by atoms with Crippen molar-refractivity contribution in [3.8, 4) is 0 Å². The quantitative estimate of drug-likeness (QED) is 0.387. The number of rotatable bonds is 2. The van der Waals surface area contributed by atoms with Crippen LogP contribution in [0.1, 0.15) is 20.8 Å². The fourth-order valence-electron chi connectivity index (χ4n) is 0.357. The van der Waals surface area contributed by atoms with Gasteiger partial charge in [0.05, 0.1) is 8.41 Å². The molecule has 0 aliphatic rings. The molecule has 9 heavy (non-hydrogen) atoms. The smallest absolute Gasteiger partial charge is 0.0814 e. The molecule has 0 nitrogen and oxygen atoms in total. The van der Waals surface area contributed by atoms with Crippen LogP contribution in [0.15, 0.2) is 24.3 Å². The Hall–Kier alpha value is -0.455. The minimum atomic E-state index is 0. The van der Waals surface area contributed by atoms with E-state index in [1.165, 1.54) is 0 Å². The van der Waals surface area contributed by atoms with Crippen molar-refractivity contribution >= 4 is 8.41 Å². The van der Waals surface area contributed by atoms with Crippen LogP contribution in [0.25, 0.3) is 0 Å². The zero-order valence-corrected chi connectivity index (χ0v) is 5.94. The molecule has 0 aromatic rings. The Morgan fingerprint density at radius 3 is 2.00 bits per heavy atom. The van der Waals surface area contributed by atoms with Crippen molar-refractivity contribution in [1.29, 1.82) is 0 Å². The van der Waals surface area contributed by atoms with Gasteiger partial charge < -0.3 is 0 Å². The molecular formula is C8H17B. The SMILES string of the molecule is B.C=C(C)C=CC(C)C. The molecule has 0 aliphatic heterocycles. The van der Waals surface area contributed by atoms with Gasteiger partial charge in [-0.05, 0) is 12.8 Å². The van der Waals surface area contributed by atoms with Crippen molar-refractivity contribution in [2.24, 2.45) is 5.92 Å². The van der Waals surface area contributed by atoms with Crippen LogP contribution in [0.5, 0.6) is 0 Å². The Bertz CT molecular complexity index is 101. The van der Waals surface area contributed by atoms with Crippen molar-refractivity contribution in [2.75, 3.05) is 0 Å². The predicted octanol–water partition coefficient (Wildman–Crippen LogP) is 1.59. The van der Waals surface area contributed by atoms with Gasteiger partial charge in [0.15, 0.2) is 0 Å². The van der Waals surface area contributed by atoms with Gasteiger partial charge in [0.1, 0.15) is 0 Å². The fraction of sp³-hybridized carbons (Fsp3) is 0.500. The van der Waals surface area contributed by atoms with Crippen molar-refractivity contribution in [1.82, 2.24) is 0 Å². The van der Waals surface area contributed by atoms with E-state index in [9.17, 15) is 0 Å². The lowest BCUT2D eigenvalue weighted by atomic mass is 10.2. The van der Waals surface area contributed by atoms with E-state index in [-0.39, 0.29) is 8.41 Å². The monoisotopic (exact) mass is 124 g/mol. The van der Waals surface area contributed by atoms with Gasteiger partial charge in [-0.15, -0.1) is 0 Å². The summed E-state index contributed by atoms with van der Waals surface area (Å²) in [7, 11) is 0. The third-order valence-corrected chi connectivity index (χ3v) is 0.766. The van der Waals surface area contributed by atoms with Gasteiger partial charge >= 0.3 is 0 Å². The van der Waals surface area contributed by atoms with Crippen LogP contribution >= 0.6 is 0 Å². The lowest BCUT2D eigenvalue weighted by molar-refractivity contribution is 0.831. The highest BCUT2D eigenvalue weighted by atomic mass is 13.9. The lowest BCUT2D eigenvalue weighted by Crippen LogP contribution is -1.76. The van der Waals surface area contributed by atoms with Gasteiger partial charge in [-0.1, -0.05) is 38.2 Å². The predicted molar refractivity (Wildman–Crippen MR) is 48.7 cm³/mol. The van der Waals surface area contributed by atoms with E-state index in [0.29, 0.717) is 5.92 Å². The van der Waals surface area contributed by atoms with Crippen LogP contribution in [0.3, 0.4) is 0 Å². The first-order chi connectivity index (χ1) is 3.63. The zero-order chi connectivity index (χ0) is 6.57. The van der Waals surface area contributed by atoms with E-state index in [1.54, 1.807) is 0 Å². The maximum absolute atomic E-state index is 3.74. The molecule has 0 saturated heterocycles. The van der Waals surface area contributed by atoms with Gasteiger partial charge in [-0.2, -0.15) is 0 Å². The van der Waals surface area contributed by atoms with Crippen LogP contribution < -0.4 is 0 Å². The summed E-state index contributed by atoms with van der Waals surface area (Å²) in [6.07, 6.45) is 4.19. The minimum absolute atomic E-state index is 0. The molecule has 0 spiro atoms. The highest BCUT2D eigenvalue weighted by molar-refractivity contribution is 5.75. The second-order valence-electron chi connectivity index (χ2n) is 2.45. The summed E-state index contributed by atoms with van der Waals surface area (Å²) in [4.78, 5) is 0. The van der Waals surface area contributed by atoms with Crippen molar-refractivity contribution in [3.05, 3.63) is 24.3 Å². The minimum Gasteiger partial charge on any atom is -0.0961 e. The highest BCUT2D eigenvalue weighted by Crippen LogP contribution is 1.96. The van der Waals surface area contributed by atoms with E-state index >= 15 is 0 Å². The largest absolute Gasteiger partial charge is 0.0961 e. The molecule has 0 radical (unpaired) electrons. The molecule has 0 aromatic carbocycles. The van der Waals surface area contributed by atoms with E-state index in [1.807, 2.05) is 13.0 Å². The standard InChI is InChI=1S/C8H14.BH3/c1-7(2)5-6-8(3)4;/h5-6,8H,1H2,2-4H3;1H3. The first kappa shape index (κ1) is 11.4. The number of allylic oxidation sites excluding steroid dienone is 3. The van der Waals surface area contributed by atoms with Crippen LogP contribution in [0.4, 0.5) is 0 Å². The zero-order valence-electron chi connectivity index (χ0n) is 5.94. The fourth-order valence-corrected chi connectivity index (χ4v) is 0.357. The molecule has 52 valence electrons. The molecule has 0 heterocycles. The Balaban J connectivity index is 0.